The summed E-state index contributed by atoms with van der Waals surface area (Å²) < 4.78 is 0. The van der Waals surface area contributed by atoms with Crippen molar-refractivity contribution in [3.63, 3.8) is 0 Å². The molecule has 1 heterocycles. The van der Waals surface area contributed by atoms with Gasteiger partial charge in [0.25, 0.3) is 0 Å². The second-order valence-corrected chi connectivity index (χ2v) is 3.25. The van der Waals surface area contributed by atoms with Gasteiger partial charge in [-0.05, 0) is 18.8 Å². The molecule has 0 unspecified atom stereocenters. The minimum absolute atomic E-state index is 0.428. The van der Waals surface area contributed by atoms with E-state index in [9.17, 15) is 0 Å². The van der Waals surface area contributed by atoms with Crippen LogP contribution in [0.15, 0.2) is 0 Å². The number of nitrogens with zero attached hydrogens (tertiary/aromatic N) is 2. The summed E-state index contributed by atoms with van der Waals surface area (Å²) in [5.74, 6) is 2.97. The van der Waals surface area contributed by atoms with E-state index < -0.39 is 0 Å². The summed E-state index contributed by atoms with van der Waals surface area (Å²) >= 11 is 5.56. The van der Waals surface area contributed by atoms with Crippen LogP contribution in [-0.2, 0) is 12.3 Å². The topological polar surface area (TPSA) is 41.6 Å². The highest BCUT2D eigenvalue weighted by molar-refractivity contribution is 6.16. The van der Waals surface area contributed by atoms with Crippen molar-refractivity contribution in [2.24, 2.45) is 5.92 Å². The van der Waals surface area contributed by atoms with Crippen molar-refractivity contribution >= 4 is 11.6 Å². The number of nitrogens with one attached hydrogen (secondary N) is 1. The fourth-order valence-corrected chi connectivity index (χ4v) is 1.19. The molecule has 11 heavy (non-hydrogen) atoms. The summed E-state index contributed by atoms with van der Waals surface area (Å²) in [6.45, 7) is 0. The summed E-state index contributed by atoms with van der Waals surface area (Å²) in [5, 5.41) is 6.84. The third-order valence-corrected chi connectivity index (χ3v) is 2.13. The van der Waals surface area contributed by atoms with E-state index in [-0.39, 0.29) is 0 Å². The van der Waals surface area contributed by atoms with Crippen molar-refractivity contribution in [2.75, 3.05) is 0 Å². The Kier molecular flexibility index (Phi) is 1.82. The third kappa shape index (κ3) is 1.71. The maximum Gasteiger partial charge on any atom is 0.151 e. The second-order valence-electron chi connectivity index (χ2n) is 2.98. The summed E-state index contributed by atoms with van der Waals surface area (Å²) in [6, 6.07) is 0. The van der Waals surface area contributed by atoms with Gasteiger partial charge in [-0.1, -0.05) is 0 Å². The first-order valence-corrected chi connectivity index (χ1v) is 4.38. The molecule has 0 aliphatic heterocycles. The van der Waals surface area contributed by atoms with Gasteiger partial charge >= 0.3 is 0 Å². The molecule has 4 heteroatoms. The van der Waals surface area contributed by atoms with Crippen molar-refractivity contribution in [3.8, 4) is 0 Å². The van der Waals surface area contributed by atoms with Crippen LogP contribution >= 0.6 is 11.6 Å². The average Bonchev–Trinajstić information content (AvgIpc) is 2.68. The van der Waals surface area contributed by atoms with E-state index in [0.29, 0.717) is 5.88 Å². The largest absolute Gasteiger partial charge is 0.262 e. The molecule has 0 bridgehead atoms. The minimum atomic E-state index is 0.428. The fraction of sp³-hybridized carbons (Fsp3) is 0.714. The predicted octanol–water partition coefficient (Wildman–Crippen LogP) is 1.50. The normalized spacial score (nSPS) is 17.2. The Hall–Kier alpha value is -0.570. The number of alkyl halides is 1. The van der Waals surface area contributed by atoms with Gasteiger partial charge in [-0.25, -0.2) is 4.98 Å². The molecule has 1 aromatic heterocycles. The lowest BCUT2D eigenvalue weighted by Crippen LogP contribution is -1.89. The zero-order valence-corrected chi connectivity index (χ0v) is 6.93. The van der Waals surface area contributed by atoms with E-state index in [0.717, 1.165) is 24.0 Å². The summed E-state index contributed by atoms with van der Waals surface area (Å²) in [5.41, 5.74) is 0. The van der Waals surface area contributed by atoms with Gasteiger partial charge in [0.15, 0.2) is 5.82 Å². The van der Waals surface area contributed by atoms with E-state index in [2.05, 4.69) is 15.2 Å². The molecule has 1 aromatic rings. The van der Waals surface area contributed by atoms with Crippen molar-refractivity contribution in [3.05, 3.63) is 11.6 Å². The second kappa shape index (κ2) is 2.81. The molecular formula is C7H10ClN3. The maximum atomic E-state index is 5.56. The monoisotopic (exact) mass is 171 g/mol. The van der Waals surface area contributed by atoms with Crippen LogP contribution in [-0.4, -0.2) is 15.2 Å². The highest BCUT2D eigenvalue weighted by atomic mass is 35.5. The Balaban J connectivity index is 1.99. The number of aromatic amines is 1. The fourth-order valence-electron chi connectivity index (χ4n) is 1.07. The summed E-state index contributed by atoms with van der Waals surface area (Å²) in [6.07, 6.45) is 3.70. The SMILES string of the molecule is ClCc1nc(CC2CC2)n[nH]1. The predicted molar refractivity (Wildman–Crippen MR) is 42.4 cm³/mol. The minimum Gasteiger partial charge on any atom is -0.262 e. The molecule has 0 spiro atoms. The van der Waals surface area contributed by atoms with Gasteiger partial charge in [0.05, 0.1) is 5.88 Å². The Morgan fingerprint density at radius 3 is 2.91 bits per heavy atom. The molecule has 60 valence electrons. The Morgan fingerprint density at radius 1 is 1.55 bits per heavy atom. The lowest BCUT2D eigenvalue weighted by Gasteiger charge is -1.86. The van der Waals surface area contributed by atoms with E-state index >= 15 is 0 Å². The number of aromatic nitrogens is 3. The molecule has 0 saturated heterocycles. The quantitative estimate of drug-likeness (QED) is 0.701. The van der Waals surface area contributed by atoms with Crippen molar-refractivity contribution in [2.45, 2.75) is 25.1 Å². The smallest absolute Gasteiger partial charge is 0.151 e. The molecule has 1 aliphatic rings. The average molecular weight is 172 g/mol. The zero-order valence-electron chi connectivity index (χ0n) is 6.18. The first-order valence-electron chi connectivity index (χ1n) is 3.84. The van der Waals surface area contributed by atoms with Gasteiger partial charge in [-0.3, -0.25) is 5.10 Å². The molecule has 0 aromatic carbocycles. The summed E-state index contributed by atoms with van der Waals surface area (Å²) in [7, 11) is 0. The zero-order chi connectivity index (χ0) is 7.68. The van der Waals surface area contributed by atoms with E-state index in [1.807, 2.05) is 0 Å². The third-order valence-electron chi connectivity index (χ3n) is 1.87. The van der Waals surface area contributed by atoms with Gasteiger partial charge in [0.2, 0.25) is 0 Å². The Bertz CT molecular complexity index is 242. The van der Waals surface area contributed by atoms with Crippen LogP contribution in [0.25, 0.3) is 0 Å². The molecule has 0 atom stereocenters. The molecule has 2 rings (SSSR count). The van der Waals surface area contributed by atoms with Crippen LogP contribution < -0.4 is 0 Å². The molecule has 0 radical (unpaired) electrons. The number of halogens is 1. The van der Waals surface area contributed by atoms with Gasteiger partial charge in [-0.2, -0.15) is 5.10 Å². The van der Waals surface area contributed by atoms with E-state index in [1.54, 1.807) is 0 Å². The van der Waals surface area contributed by atoms with Crippen molar-refractivity contribution < 1.29 is 0 Å². The van der Waals surface area contributed by atoms with Crippen LogP contribution in [0.3, 0.4) is 0 Å². The highest BCUT2D eigenvalue weighted by Gasteiger charge is 2.23. The van der Waals surface area contributed by atoms with Crippen molar-refractivity contribution in [1.29, 1.82) is 0 Å². The number of hydrogen-bond donors (Lipinski definition) is 1. The first kappa shape index (κ1) is 7.10. The number of hydrogen-bond acceptors (Lipinski definition) is 2. The molecule has 1 N–H and O–H groups in total. The van der Waals surface area contributed by atoms with Crippen LogP contribution in [0.4, 0.5) is 0 Å². The number of rotatable bonds is 3. The Labute approximate surface area is 70.2 Å². The van der Waals surface area contributed by atoms with Gasteiger partial charge in [0, 0.05) is 6.42 Å². The van der Waals surface area contributed by atoms with Crippen LogP contribution in [0.5, 0.6) is 0 Å². The van der Waals surface area contributed by atoms with E-state index in [4.69, 9.17) is 11.6 Å². The highest BCUT2D eigenvalue weighted by Crippen LogP contribution is 2.31. The molecule has 1 fully saturated rings. The van der Waals surface area contributed by atoms with Crippen molar-refractivity contribution in [1.82, 2.24) is 15.2 Å². The lowest BCUT2D eigenvalue weighted by molar-refractivity contribution is 0.774. The molecule has 3 nitrogen and oxygen atoms in total. The van der Waals surface area contributed by atoms with Crippen LogP contribution in [0.1, 0.15) is 24.5 Å². The standard InChI is InChI=1S/C7H10ClN3/c8-4-7-9-6(10-11-7)3-5-1-2-5/h5H,1-4H2,(H,9,10,11). The maximum absolute atomic E-state index is 5.56. The molecule has 1 saturated carbocycles. The number of H-pyrrole nitrogens is 1. The van der Waals surface area contributed by atoms with Crippen LogP contribution in [0, 0.1) is 5.92 Å². The summed E-state index contributed by atoms with van der Waals surface area (Å²) in [4.78, 5) is 4.21. The Morgan fingerprint density at radius 2 is 2.36 bits per heavy atom. The first-order chi connectivity index (χ1) is 5.38. The molecular weight excluding hydrogens is 162 g/mol. The van der Waals surface area contributed by atoms with Gasteiger partial charge in [0.1, 0.15) is 5.82 Å². The van der Waals surface area contributed by atoms with Gasteiger partial charge in [-0.15, -0.1) is 11.6 Å². The molecule has 1 aliphatic carbocycles. The molecule has 0 amide bonds. The van der Waals surface area contributed by atoms with Gasteiger partial charge < -0.3 is 0 Å². The lowest BCUT2D eigenvalue weighted by atomic mass is 10.3. The van der Waals surface area contributed by atoms with E-state index in [1.165, 1.54) is 12.8 Å². The van der Waals surface area contributed by atoms with Crippen LogP contribution in [0.2, 0.25) is 0 Å².